The molecule has 8 heteroatoms. The summed E-state index contributed by atoms with van der Waals surface area (Å²) >= 11 is 11.6. The standard InChI is InChI=1S/C12H9Cl2FN2O2S/c13-9-5-6-10(11(14)12(9)16)20(18,19)17-8-3-1-7(15)2-4-8/h1-6,17H,16H2. The van der Waals surface area contributed by atoms with E-state index in [4.69, 9.17) is 28.9 Å². The summed E-state index contributed by atoms with van der Waals surface area (Å²) in [7, 11) is -3.94. The molecule has 20 heavy (non-hydrogen) atoms. The van der Waals surface area contributed by atoms with Crippen molar-refractivity contribution in [2.75, 3.05) is 10.5 Å². The number of anilines is 2. The summed E-state index contributed by atoms with van der Waals surface area (Å²) in [5.74, 6) is -0.471. The highest BCUT2D eigenvalue weighted by atomic mass is 35.5. The molecule has 0 radical (unpaired) electrons. The molecule has 0 spiro atoms. The van der Waals surface area contributed by atoms with Gasteiger partial charge in [0.2, 0.25) is 0 Å². The third-order valence-electron chi connectivity index (χ3n) is 2.48. The number of rotatable bonds is 3. The fourth-order valence-corrected chi connectivity index (χ4v) is 3.31. The summed E-state index contributed by atoms with van der Waals surface area (Å²) in [6.07, 6.45) is 0. The first-order valence-corrected chi connectivity index (χ1v) is 7.57. The SMILES string of the molecule is Nc1c(Cl)ccc(S(=O)(=O)Nc2ccc(F)cc2)c1Cl. The minimum atomic E-state index is -3.94. The fourth-order valence-electron chi connectivity index (χ4n) is 1.48. The minimum Gasteiger partial charge on any atom is -0.396 e. The van der Waals surface area contributed by atoms with E-state index >= 15 is 0 Å². The molecule has 0 aliphatic heterocycles. The van der Waals surface area contributed by atoms with Gasteiger partial charge < -0.3 is 5.73 Å². The monoisotopic (exact) mass is 334 g/mol. The molecule has 0 saturated carbocycles. The van der Waals surface area contributed by atoms with Crippen LogP contribution in [0.1, 0.15) is 0 Å². The summed E-state index contributed by atoms with van der Waals surface area (Å²) in [5, 5.41) is 0.00263. The van der Waals surface area contributed by atoms with Crippen LogP contribution >= 0.6 is 23.2 Å². The van der Waals surface area contributed by atoms with Gasteiger partial charge in [0, 0.05) is 5.69 Å². The maximum absolute atomic E-state index is 12.8. The molecule has 0 heterocycles. The molecule has 0 bridgehead atoms. The van der Waals surface area contributed by atoms with Gasteiger partial charge in [-0.05, 0) is 36.4 Å². The summed E-state index contributed by atoms with van der Waals surface area (Å²) < 4.78 is 39.4. The molecule has 106 valence electrons. The highest BCUT2D eigenvalue weighted by Gasteiger charge is 2.20. The van der Waals surface area contributed by atoms with Gasteiger partial charge in [0.1, 0.15) is 10.7 Å². The van der Waals surface area contributed by atoms with Crippen LogP contribution in [0.3, 0.4) is 0 Å². The molecule has 2 rings (SSSR count). The van der Waals surface area contributed by atoms with Crippen molar-refractivity contribution in [1.29, 1.82) is 0 Å². The van der Waals surface area contributed by atoms with Crippen LogP contribution in [0.2, 0.25) is 10.0 Å². The van der Waals surface area contributed by atoms with Crippen molar-refractivity contribution >= 4 is 44.6 Å². The smallest absolute Gasteiger partial charge is 0.263 e. The van der Waals surface area contributed by atoms with E-state index in [1.54, 1.807) is 0 Å². The number of hydrogen-bond donors (Lipinski definition) is 2. The van der Waals surface area contributed by atoms with Gasteiger partial charge in [-0.2, -0.15) is 0 Å². The van der Waals surface area contributed by atoms with Crippen molar-refractivity contribution in [2.24, 2.45) is 0 Å². The van der Waals surface area contributed by atoms with Gasteiger partial charge in [-0.3, -0.25) is 4.72 Å². The number of nitrogen functional groups attached to an aromatic ring is 1. The van der Waals surface area contributed by atoms with Crippen molar-refractivity contribution in [3.8, 4) is 0 Å². The molecule has 0 saturated heterocycles. The highest BCUT2D eigenvalue weighted by molar-refractivity contribution is 7.92. The first-order valence-electron chi connectivity index (χ1n) is 5.33. The second-order valence-electron chi connectivity index (χ2n) is 3.89. The highest BCUT2D eigenvalue weighted by Crippen LogP contribution is 2.33. The Kier molecular flexibility index (Phi) is 4.08. The normalized spacial score (nSPS) is 11.3. The van der Waals surface area contributed by atoms with Crippen molar-refractivity contribution in [1.82, 2.24) is 0 Å². The van der Waals surface area contributed by atoms with Gasteiger partial charge >= 0.3 is 0 Å². The molecule has 0 aliphatic rings. The van der Waals surface area contributed by atoms with Gasteiger partial charge in [-0.1, -0.05) is 23.2 Å². The number of hydrogen-bond acceptors (Lipinski definition) is 3. The van der Waals surface area contributed by atoms with Crippen LogP contribution in [0, 0.1) is 5.82 Å². The Bertz CT molecular complexity index is 749. The number of sulfonamides is 1. The molecule has 2 aromatic rings. The van der Waals surface area contributed by atoms with E-state index in [1.807, 2.05) is 0 Å². The van der Waals surface area contributed by atoms with Crippen LogP contribution in [0.15, 0.2) is 41.3 Å². The molecular formula is C12H9Cl2FN2O2S. The third kappa shape index (κ3) is 2.98. The second-order valence-corrected chi connectivity index (χ2v) is 6.32. The first kappa shape index (κ1) is 14.9. The molecule has 0 fully saturated rings. The summed E-state index contributed by atoms with van der Waals surface area (Å²) in [6.45, 7) is 0. The van der Waals surface area contributed by atoms with Crippen molar-refractivity contribution in [3.05, 3.63) is 52.3 Å². The van der Waals surface area contributed by atoms with Crippen molar-refractivity contribution < 1.29 is 12.8 Å². The quantitative estimate of drug-likeness (QED) is 0.843. The van der Waals surface area contributed by atoms with Crippen LogP contribution in [-0.2, 0) is 10.0 Å². The van der Waals surface area contributed by atoms with E-state index < -0.39 is 15.8 Å². The maximum Gasteiger partial charge on any atom is 0.263 e. The lowest BCUT2D eigenvalue weighted by atomic mass is 10.3. The number of nitrogens with one attached hydrogen (secondary N) is 1. The largest absolute Gasteiger partial charge is 0.396 e. The molecule has 4 nitrogen and oxygen atoms in total. The van der Waals surface area contributed by atoms with Crippen molar-refractivity contribution in [3.63, 3.8) is 0 Å². The molecule has 0 aromatic heterocycles. The minimum absolute atomic E-state index is 0.0182. The maximum atomic E-state index is 12.8. The van der Waals surface area contributed by atoms with E-state index in [1.165, 1.54) is 24.3 Å². The van der Waals surface area contributed by atoms with E-state index in [9.17, 15) is 12.8 Å². The molecule has 2 aromatic carbocycles. The molecule has 0 atom stereocenters. The average molecular weight is 335 g/mol. The van der Waals surface area contributed by atoms with Crippen LogP contribution in [0.4, 0.5) is 15.8 Å². The predicted octanol–water partition coefficient (Wildman–Crippen LogP) is 3.52. The lowest BCUT2D eigenvalue weighted by Crippen LogP contribution is -2.14. The Labute approximate surface area is 125 Å². The average Bonchev–Trinajstić information content (AvgIpc) is 2.38. The first-order chi connectivity index (χ1) is 9.31. The van der Waals surface area contributed by atoms with Gasteiger partial charge in [0.25, 0.3) is 10.0 Å². The van der Waals surface area contributed by atoms with E-state index in [0.717, 1.165) is 12.1 Å². The molecular weight excluding hydrogens is 326 g/mol. The zero-order chi connectivity index (χ0) is 14.9. The molecule has 0 amide bonds. The summed E-state index contributed by atoms with van der Waals surface area (Å²) in [5.41, 5.74) is 5.77. The van der Waals surface area contributed by atoms with Gasteiger partial charge in [0.15, 0.2) is 0 Å². The molecule has 0 aliphatic carbocycles. The Hall–Kier alpha value is -1.50. The summed E-state index contributed by atoms with van der Waals surface area (Å²) in [6, 6.07) is 7.43. The zero-order valence-electron chi connectivity index (χ0n) is 9.90. The van der Waals surface area contributed by atoms with Crippen LogP contribution in [0.5, 0.6) is 0 Å². The van der Waals surface area contributed by atoms with E-state index in [0.29, 0.717) is 0 Å². The van der Waals surface area contributed by atoms with Crippen LogP contribution in [0.25, 0.3) is 0 Å². The van der Waals surface area contributed by atoms with Gasteiger partial charge in [-0.15, -0.1) is 0 Å². The molecule has 3 N–H and O–H groups in total. The van der Waals surface area contributed by atoms with Crippen LogP contribution in [-0.4, -0.2) is 8.42 Å². The van der Waals surface area contributed by atoms with Crippen LogP contribution < -0.4 is 10.5 Å². The predicted molar refractivity (Wildman–Crippen MR) is 78.1 cm³/mol. The number of nitrogens with two attached hydrogens (primary N) is 1. The number of halogens is 3. The Balaban J connectivity index is 2.41. The van der Waals surface area contributed by atoms with Gasteiger partial charge in [0.05, 0.1) is 15.7 Å². The van der Waals surface area contributed by atoms with Crippen molar-refractivity contribution in [2.45, 2.75) is 4.90 Å². The topological polar surface area (TPSA) is 72.2 Å². The van der Waals surface area contributed by atoms with E-state index in [-0.39, 0.29) is 26.3 Å². The number of benzene rings is 2. The lowest BCUT2D eigenvalue weighted by Gasteiger charge is -2.11. The molecule has 0 unspecified atom stereocenters. The Morgan fingerprint density at radius 1 is 1.05 bits per heavy atom. The van der Waals surface area contributed by atoms with Gasteiger partial charge in [-0.25, -0.2) is 12.8 Å². The lowest BCUT2D eigenvalue weighted by molar-refractivity contribution is 0.601. The summed E-state index contributed by atoms with van der Waals surface area (Å²) in [4.78, 5) is -0.203. The zero-order valence-corrected chi connectivity index (χ0v) is 12.2. The third-order valence-corrected chi connectivity index (χ3v) is 4.75. The Morgan fingerprint density at radius 3 is 2.25 bits per heavy atom. The van der Waals surface area contributed by atoms with E-state index in [2.05, 4.69) is 4.72 Å². The Morgan fingerprint density at radius 2 is 1.65 bits per heavy atom. The second kappa shape index (κ2) is 5.47. The fraction of sp³-hybridized carbons (Fsp3) is 0.